The van der Waals surface area contributed by atoms with Crippen molar-refractivity contribution < 1.29 is 14.3 Å². The summed E-state index contributed by atoms with van der Waals surface area (Å²) in [6.45, 7) is 1.44. The third kappa shape index (κ3) is 2.36. The second-order valence-corrected chi connectivity index (χ2v) is 6.10. The van der Waals surface area contributed by atoms with Gasteiger partial charge < -0.3 is 9.30 Å². The number of methoxy groups -OCH3 is 1. The minimum Gasteiger partial charge on any atom is -0.466 e. The number of nitrogens with one attached hydrogen (secondary N) is 1. The molecule has 0 amide bonds. The first-order chi connectivity index (χ1) is 10.9. The van der Waals surface area contributed by atoms with Crippen molar-refractivity contribution in [1.29, 1.82) is 0 Å². The van der Waals surface area contributed by atoms with Gasteiger partial charge >= 0.3 is 5.97 Å². The molecule has 0 spiro atoms. The molecule has 2 heterocycles. The fourth-order valence-corrected chi connectivity index (χ4v) is 3.48. The van der Waals surface area contributed by atoms with Crippen molar-refractivity contribution in [3.8, 4) is 0 Å². The zero-order valence-corrected chi connectivity index (χ0v) is 14.0. The Bertz CT molecular complexity index is 782. The van der Waals surface area contributed by atoms with Gasteiger partial charge in [-0.05, 0) is 24.3 Å². The van der Waals surface area contributed by atoms with Gasteiger partial charge in [-0.15, -0.1) is 0 Å². The van der Waals surface area contributed by atoms with Crippen molar-refractivity contribution in [2.75, 3.05) is 7.11 Å². The summed E-state index contributed by atoms with van der Waals surface area (Å²) in [5.41, 5.74) is -0.230. The highest BCUT2D eigenvalue weighted by atomic mass is 35.5. The highest BCUT2D eigenvalue weighted by molar-refractivity contribution is 6.36. The van der Waals surface area contributed by atoms with Crippen LogP contribution in [-0.2, 0) is 15.2 Å². The van der Waals surface area contributed by atoms with Crippen LogP contribution >= 0.6 is 23.2 Å². The fraction of sp³-hybridized carbons (Fsp3) is 0.250. The molecule has 1 N–H and O–H groups in total. The van der Waals surface area contributed by atoms with Crippen molar-refractivity contribution in [2.45, 2.75) is 18.6 Å². The molecule has 1 saturated heterocycles. The van der Waals surface area contributed by atoms with Gasteiger partial charge in [0, 0.05) is 28.7 Å². The van der Waals surface area contributed by atoms with Crippen LogP contribution in [0.1, 0.15) is 29.0 Å². The summed E-state index contributed by atoms with van der Waals surface area (Å²) in [5, 5.41) is 3.98. The zero-order valence-electron chi connectivity index (χ0n) is 12.5. The van der Waals surface area contributed by atoms with Gasteiger partial charge in [0.05, 0.1) is 18.8 Å². The van der Waals surface area contributed by atoms with Crippen molar-refractivity contribution in [2.24, 2.45) is 0 Å². The summed E-state index contributed by atoms with van der Waals surface area (Å²) in [5.74, 6) is -0.673. The third-order valence-electron chi connectivity index (χ3n) is 3.97. The van der Waals surface area contributed by atoms with E-state index in [9.17, 15) is 9.59 Å². The van der Waals surface area contributed by atoms with Crippen LogP contribution in [-0.4, -0.2) is 23.4 Å². The number of aromatic nitrogens is 1. The highest BCUT2D eigenvalue weighted by Gasteiger charge is 2.65. The predicted octanol–water partition coefficient (Wildman–Crippen LogP) is 3.17. The molecule has 0 unspecified atom stereocenters. The first kappa shape index (κ1) is 16.1. The third-order valence-corrected chi connectivity index (χ3v) is 4.63. The van der Waals surface area contributed by atoms with E-state index in [4.69, 9.17) is 27.9 Å². The Hall–Kier alpha value is -1.82. The summed E-state index contributed by atoms with van der Waals surface area (Å²) in [4.78, 5) is 24.3. The molecule has 1 aromatic heterocycles. The molecule has 2 atom stereocenters. The van der Waals surface area contributed by atoms with Crippen LogP contribution in [0.25, 0.3) is 0 Å². The molecule has 1 fully saturated rings. The lowest BCUT2D eigenvalue weighted by atomic mass is 10.0. The van der Waals surface area contributed by atoms with E-state index in [0.717, 1.165) is 0 Å². The summed E-state index contributed by atoms with van der Waals surface area (Å²) in [7, 11) is 1.30. The molecule has 1 aliphatic rings. The lowest BCUT2D eigenvalue weighted by molar-refractivity contribution is -0.146. The normalized spacial score (nSPS) is 22.7. The summed E-state index contributed by atoms with van der Waals surface area (Å²) in [6, 6.07) is 8.00. The van der Waals surface area contributed by atoms with Gasteiger partial charge in [0.1, 0.15) is 0 Å². The summed E-state index contributed by atoms with van der Waals surface area (Å²) < 4.78 is 6.52. The molecular formula is C16H14Cl2N2O3. The van der Waals surface area contributed by atoms with Gasteiger partial charge in [-0.1, -0.05) is 29.3 Å². The number of Topliss-reactive ketones (excluding diaryl/α,β-unsaturated/α-hetero) is 1. The maximum atomic E-state index is 12.5. The number of ether oxygens (including phenoxy) is 1. The van der Waals surface area contributed by atoms with Crippen LogP contribution in [0.4, 0.5) is 0 Å². The van der Waals surface area contributed by atoms with Gasteiger partial charge in [0.2, 0.25) is 5.66 Å². The maximum Gasteiger partial charge on any atom is 0.349 e. The topological polar surface area (TPSA) is 70.2 Å². The predicted molar refractivity (Wildman–Crippen MR) is 86.8 cm³/mol. The van der Waals surface area contributed by atoms with Crippen molar-refractivity contribution in [1.82, 2.24) is 9.88 Å². The van der Waals surface area contributed by atoms with E-state index in [1.165, 1.54) is 14.0 Å². The van der Waals surface area contributed by atoms with E-state index >= 15 is 0 Å². The smallest absolute Gasteiger partial charge is 0.349 e. The van der Waals surface area contributed by atoms with Crippen LogP contribution < -0.4 is 5.32 Å². The molecule has 1 aromatic carbocycles. The SMILES string of the molecule is COC(=O)[C@@]1(n2cccc2C(C)=O)N[C@H]1c1c(Cl)cccc1Cl. The minimum absolute atomic E-state index is 0.156. The number of nitrogens with zero attached hydrogens (tertiary/aromatic N) is 1. The van der Waals surface area contributed by atoms with E-state index < -0.39 is 17.7 Å². The number of hydrogen-bond acceptors (Lipinski definition) is 4. The number of carbonyl (C=O) groups is 2. The van der Waals surface area contributed by atoms with E-state index in [0.29, 0.717) is 21.3 Å². The fourth-order valence-electron chi connectivity index (χ4n) is 2.86. The Morgan fingerprint density at radius 2 is 1.87 bits per heavy atom. The Balaban J connectivity index is 2.14. The molecule has 2 aromatic rings. The number of halogens is 2. The zero-order chi connectivity index (χ0) is 16.8. The first-order valence-corrected chi connectivity index (χ1v) is 7.68. The monoisotopic (exact) mass is 352 g/mol. The Morgan fingerprint density at radius 3 is 2.43 bits per heavy atom. The number of carbonyl (C=O) groups excluding carboxylic acids is 2. The van der Waals surface area contributed by atoms with Gasteiger partial charge in [-0.3, -0.25) is 10.1 Å². The van der Waals surface area contributed by atoms with Gasteiger partial charge in [-0.25, -0.2) is 4.79 Å². The minimum atomic E-state index is -1.23. The largest absolute Gasteiger partial charge is 0.466 e. The number of hydrogen-bond donors (Lipinski definition) is 1. The van der Waals surface area contributed by atoms with Crippen molar-refractivity contribution in [3.63, 3.8) is 0 Å². The Kier molecular flexibility index (Phi) is 3.96. The van der Waals surface area contributed by atoms with E-state index in [1.807, 2.05) is 0 Å². The molecule has 23 heavy (non-hydrogen) atoms. The highest BCUT2D eigenvalue weighted by Crippen LogP contribution is 2.50. The second kappa shape index (κ2) is 5.67. The molecule has 5 nitrogen and oxygen atoms in total. The number of benzene rings is 1. The van der Waals surface area contributed by atoms with Crippen LogP contribution in [0.15, 0.2) is 36.5 Å². The molecular weight excluding hydrogens is 339 g/mol. The molecule has 0 bridgehead atoms. The van der Waals surface area contributed by atoms with Gasteiger partial charge in [0.15, 0.2) is 5.78 Å². The van der Waals surface area contributed by atoms with Crippen LogP contribution in [0.2, 0.25) is 10.0 Å². The van der Waals surface area contributed by atoms with E-state index in [1.54, 1.807) is 41.1 Å². The van der Waals surface area contributed by atoms with Crippen LogP contribution in [0.3, 0.4) is 0 Å². The Morgan fingerprint density at radius 1 is 1.22 bits per heavy atom. The van der Waals surface area contributed by atoms with E-state index in [-0.39, 0.29) is 5.78 Å². The maximum absolute atomic E-state index is 12.5. The molecule has 0 radical (unpaired) electrons. The number of rotatable bonds is 4. The molecule has 120 valence electrons. The number of esters is 1. The average molecular weight is 353 g/mol. The molecule has 7 heteroatoms. The van der Waals surface area contributed by atoms with Gasteiger partial charge in [-0.2, -0.15) is 0 Å². The lowest BCUT2D eigenvalue weighted by Crippen LogP contribution is -2.35. The van der Waals surface area contributed by atoms with Crippen LogP contribution in [0, 0.1) is 0 Å². The summed E-state index contributed by atoms with van der Waals surface area (Å²) >= 11 is 12.5. The molecule has 0 aliphatic carbocycles. The van der Waals surface area contributed by atoms with Crippen molar-refractivity contribution >= 4 is 35.0 Å². The summed E-state index contributed by atoms with van der Waals surface area (Å²) in [6.07, 6.45) is 1.66. The average Bonchev–Trinajstić information content (AvgIpc) is 3.03. The first-order valence-electron chi connectivity index (χ1n) is 6.92. The molecule has 3 rings (SSSR count). The van der Waals surface area contributed by atoms with Crippen molar-refractivity contribution in [3.05, 3.63) is 57.8 Å². The Labute approximate surface area is 143 Å². The molecule has 1 aliphatic heterocycles. The molecule has 0 saturated carbocycles. The van der Waals surface area contributed by atoms with Gasteiger partial charge in [0.25, 0.3) is 0 Å². The lowest BCUT2D eigenvalue weighted by Gasteiger charge is -2.18. The van der Waals surface area contributed by atoms with Crippen LogP contribution in [0.5, 0.6) is 0 Å². The standard InChI is InChI=1S/C16H14Cl2N2O3/c1-9(21)12-7-4-8-20(12)16(15(22)23-2)14(19-16)13-10(17)5-3-6-11(13)18/h3-8,14,19H,1-2H3/t14-,16+/m0/s1. The second-order valence-electron chi connectivity index (χ2n) is 5.29. The number of ketones is 1. The quantitative estimate of drug-likeness (QED) is 0.521. The van der Waals surface area contributed by atoms with E-state index in [2.05, 4.69) is 5.32 Å².